The van der Waals surface area contributed by atoms with Crippen LogP contribution in [-0.4, -0.2) is 14.2 Å². The molecule has 0 aliphatic heterocycles. The molecule has 0 saturated carbocycles. The van der Waals surface area contributed by atoms with Crippen molar-refractivity contribution in [1.82, 2.24) is 0 Å². The van der Waals surface area contributed by atoms with E-state index in [1.807, 2.05) is 19.9 Å². The summed E-state index contributed by atoms with van der Waals surface area (Å²) in [4.78, 5) is 0. The van der Waals surface area contributed by atoms with Crippen LogP contribution in [0, 0.1) is 0 Å². The van der Waals surface area contributed by atoms with Crippen molar-refractivity contribution in [3.8, 4) is 11.5 Å². The molecule has 0 bridgehead atoms. The Labute approximate surface area is 118 Å². The zero-order chi connectivity index (χ0) is 14.1. The second kappa shape index (κ2) is 5.49. The van der Waals surface area contributed by atoms with Gasteiger partial charge in [0.25, 0.3) is 0 Å². The normalized spacial score (nSPS) is 11.8. The van der Waals surface area contributed by atoms with Crippen LogP contribution < -0.4 is 15.2 Å². The molecule has 1 aromatic carbocycles. The number of halogens is 1. The van der Waals surface area contributed by atoms with E-state index in [0.717, 1.165) is 21.3 Å². The quantitative estimate of drug-likeness (QED) is 0.919. The molecule has 0 aliphatic carbocycles. The van der Waals surface area contributed by atoms with E-state index in [1.165, 1.54) is 0 Å². The number of methoxy groups -OCH3 is 2. The monoisotopic (exact) mass is 315 g/mol. The third kappa shape index (κ3) is 2.81. The lowest BCUT2D eigenvalue weighted by molar-refractivity contribution is 0.346. The van der Waals surface area contributed by atoms with Crippen LogP contribution in [0.1, 0.15) is 44.7 Å². The molecule has 0 atom stereocenters. The summed E-state index contributed by atoms with van der Waals surface area (Å²) in [5.41, 5.74) is 8.01. The van der Waals surface area contributed by atoms with Gasteiger partial charge in [-0.05, 0) is 47.3 Å². The second-order valence-corrected chi connectivity index (χ2v) is 6.12. The molecule has 2 N–H and O–H groups in total. The Morgan fingerprint density at radius 1 is 1.17 bits per heavy atom. The van der Waals surface area contributed by atoms with Gasteiger partial charge in [-0.15, -0.1) is 0 Å². The highest BCUT2D eigenvalue weighted by atomic mass is 79.9. The van der Waals surface area contributed by atoms with E-state index < -0.39 is 5.54 Å². The van der Waals surface area contributed by atoms with Gasteiger partial charge in [-0.25, -0.2) is 0 Å². The summed E-state index contributed by atoms with van der Waals surface area (Å²) in [6.45, 7) is 8.24. The van der Waals surface area contributed by atoms with Crippen LogP contribution in [0.3, 0.4) is 0 Å². The van der Waals surface area contributed by atoms with Crippen molar-refractivity contribution in [2.75, 3.05) is 14.2 Å². The second-order valence-electron chi connectivity index (χ2n) is 5.26. The smallest absolute Gasteiger partial charge is 0.175 e. The Hall–Kier alpha value is -0.740. The van der Waals surface area contributed by atoms with Gasteiger partial charge in [0.2, 0.25) is 0 Å². The topological polar surface area (TPSA) is 44.5 Å². The SMILES string of the molecule is COc1c(Br)cc(C(C)(C)N)c(C(C)C)c1OC. The van der Waals surface area contributed by atoms with Gasteiger partial charge in [0.1, 0.15) is 0 Å². The number of benzene rings is 1. The van der Waals surface area contributed by atoms with Gasteiger partial charge in [0.05, 0.1) is 18.7 Å². The van der Waals surface area contributed by atoms with E-state index in [1.54, 1.807) is 14.2 Å². The summed E-state index contributed by atoms with van der Waals surface area (Å²) < 4.78 is 11.8. The standard InChI is InChI=1S/C14H22BrNO2/c1-8(2)11-9(14(3,4)16)7-10(15)12(17-5)13(11)18-6/h7-8H,16H2,1-6H3. The largest absolute Gasteiger partial charge is 0.493 e. The molecule has 0 spiro atoms. The molecule has 0 aromatic heterocycles. The minimum absolute atomic E-state index is 0.305. The number of hydrogen-bond acceptors (Lipinski definition) is 3. The summed E-state index contributed by atoms with van der Waals surface area (Å²) in [5, 5.41) is 0. The molecule has 4 heteroatoms. The molecule has 1 aromatic rings. The number of rotatable bonds is 4. The number of ether oxygens (including phenoxy) is 2. The molecular weight excluding hydrogens is 294 g/mol. The third-order valence-corrected chi connectivity index (χ3v) is 3.50. The third-order valence-electron chi connectivity index (χ3n) is 2.91. The van der Waals surface area contributed by atoms with Crippen molar-refractivity contribution in [2.24, 2.45) is 5.73 Å². The van der Waals surface area contributed by atoms with E-state index in [-0.39, 0.29) is 0 Å². The zero-order valence-electron chi connectivity index (χ0n) is 11.9. The number of nitrogens with two attached hydrogens (primary N) is 1. The Morgan fingerprint density at radius 3 is 2.00 bits per heavy atom. The van der Waals surface area contributed by atoms with Crippen LogP contribution in [0.2, 0.25) is 0 Å². The predicted octanol–water partition coefficient (Wildman–Crippen LogP) is 3.78. The summed E-state index contributed by atoms with van der Waals surface area (Å²) in [6, 6.07) is 2.02. The molecule has 1 rings (SSSR count). The number of hydrogen-bond donors (Lipinski definition) is 1. The van der Waals surface area contributed by atoms with Crippen molar-refractivity contribution in [2.45, 2.75) is 39.2 Å². The van der Waals surface area contributed by atoms with Crippen molar-refractivity contribution >= 4 is 15.9 Å². The molecule has 0 fully saturated rings. The summed E-state index contributed by atoms with van der Waals surface area (Å²) in [5.74, 6) is 1.78. The minimum Gasteiger partial charge on any atom is -0.493 e. The van der Waals surface area contributed by atoms with Crippen LogP contribution in [0.5, 0.6) is 11.5 Å². The van der Waals surface area contributed by atoms with E-state index in [2.05, 4.69) is 29.8 Å². The molecule has 3 nitrogen and oxygen atoms in total. The van der Waals surface area contributed by atoms with Crippen LogP contribution in [0.4, 0.5) is 0 Å². The molecule has 0 radical (unpaired) electrons. The van der Waals surface area contributed by atoms with Crippen LogP contribution >= 0.6 is 15.9 Å². The molecule has 0 saturated heterocycles. The van der Waals surface area contributed by atoms with Crippen molar-refractivity contribution in [3.05, 3.63) is 21.7 Å². The van der Waals surface area contributed by atoms with Crippen LogP contribution in [0.25, 0.3) is 0 Å². The maximum atomic E-state index is 6.26. The molecule has 0 aliphatic rings. The Morgan fingerprint density at radius 2 is 1.67 bits per heavy atom. The Bertz CT molecular complexity index is 436. The van der Waals surface area contributed by atoms with Crippen LogP contribution in [-0.2, 0) is 5.54 Å². The lowest BCUT2D eigenvalue weighted by atomic mass is 9.85. The predicted molar refractivity (Wildman–Crippen MR) is 78.5 cm³/mol. The first kappa shape index (κ1) is 15.3. The van der Waals surface area contributed by atoms with Gasteiger partial charge < -0.3 is 15.2 Å². The summed E-state index contributed by atoms with van der Waals surface area (Å²) in [7, 11) is 3.30. The molecule has 102 valence electrons. The van der Waals surface area contributed by atoms with Gasteiger partial charge >= 0.3 is 0 Å². The first-order chi connectivity index (χ1) is 8.23. The maximum Gasteiger partial charge on any atom is 0.175 e. The van der Waals surface area contributed by atoms with E-state index >= 15 is 0 Å². The summed E-state index contributed by atoms with van der Waals surface area (Å²) in [6.07, 6.45) is 0. The first-order valence-electron chi connectivity index (χ1n) is 5.97. The Kier molecular flexibility index (Phi) is 4.67. The average Bonchev–Trinajstić information content (AvgIpc) is 2.25. The Balaban J connectivity index is 3.69. The van der Waals surface area contributed by atoms with E-state index in [4.69, 9.17) is 15.2 Å². The minimum atomic E-state index is -0.429. The maximum absolute atomic E-state index is 6.26. The molecule has 0 amide bonds. The van der Waals surface area contributed by atoms with Crippen LogP contribution in [0.15, 0.2) is 10.5 Å². The van der Waals surface area contributed by atoms with E-state index in [0.29, 0.717) is 11.7 Å². The first-order valence-corrected chi connectivity index (χ1v) is 6.77. The van der Waals surface area contributed by atoms with Crippen molar-refractivity contribution in [1.29, 1.82) is 0 Å². The van der Waals surface area contributed by atoms with E-state index in [9.17, 15) is 0 Å². The zero-order valence-corrected chi connectivity index (χ0v) is 13.5. The fourth-order valence-electron chi connectivity index (χ4n) is 2.12. The molecule has 18 heavy (non-hydrogen) atoms. The van der Waals surface area contributed by atoms with Gasteiger partial charge in [0, 0.05) is 11.1 Å². The van der Waals surface area contributed by atoms with Gasteiger partial charge in [-0.3, -0.25) is 0 Å². The summed E-state index contributed by atoms with van der Waals surface area (Å²) >= 11 is 3.51. The van der Waals surface area contributed by atoms with Crippen molar-refractivity contribution in [3.63, 3.8) is 0 Å². The lowest BCUT2D eigenvalue weighted by Gasteiger charge is -2.28. The molecule has 0 unspecified atom stereocenters. The fourth-order valence-corrected chi connectivity index (χ4v) is 2.69. The van der Waals surface area contributed by atoms with Gasteiger partial charge in [-0.1, -0.05) is 13.8 Å². The molecular formula is C14H22BrNO2. The average molecular weight is 316 g/mol. The van der Waals surface area contributed by atoms with Crippen molar-refractivity contribution < 1.29 is 9.47 Å². The molecule has 0 heterocycles. The highest BCUT2D eigenvalue weighted by Crippen LogP contribution is 2.45. The highest BCUT2D eigenvalue weighted by Gasteiger charge is 2.27. The fraction of sp³-hybridized carbons (Fsp3) is 0.571. The van der Waals surface area contributed by atoms with Gasteiger partial charge in [0.15, 0.2) is 11.5 Å². The highest BCUT2D eigenvalue weighted by molar-refractivity contribution is 9.10. The lowest BCUT2D eigenvalue weighted by Crippen LogP contribution is -2.30. The van der Waals surface area contributed by atoms with Gasteiger partial charge in [-0.2, -0.15) is 0 Å².